The summed E-state index contributed by atoms with van der Waals surface area (Å²) in [5.41, 5.74) is -0.863. The van der Waals surface area contributed by atoms with E-state index in [9.17, 15) is 18.0 Å². The largest absolute Gasteiger partial charge is 0.444 e. The van der Waals surface area contributed by atoms with Gasteiger partial charge in [-0.2, -0.15) is 13.2 Å². The summed E-state index contributed by atoms with van der Waals surface area (Å²) < 4.78 is 44.8. The average Bonchev–Trinajstić information content (AvgIpc) is 3.07. The Bertz CT molecular complexity index is 859. The van der Waals surface area contributed by atoms with Gasteiger partial charge in [0.1, 0.15) is 11.4 Å². The van der Waals surface area contributed by atoms with Crippen LogP contribution in [0.15, 0.2) is 24.4 Å². The normalized spacial score (nSPS) is 13.3. The summed E-state index contributed by atoms with van der Waals surface area (Å²) in [6, 6.07) is 3.21. The summed E-state index contributed by atoms with van der Waals surface area (Å²) in [7, 11) is 0. The Hall–Kier alpha value is -2.22. The first-order valence-electron chi connectivity index (χ1n) is 9.25. The highest BCUT2D eigenvalue weighted by atomic mass is 35.5. The number of hydrogen-bond acceptors (Lipinski definition) is 3. The fraction of sp³-hybridized carbons (Fsp3) is 0.500. The number of nitrogens with one attached hydrogen (secondary N) is 1. The first kappa shape index (κ1) is 23.1. The van der Waals surface area contributed by atoms with Crippen LogP contribution in [0.3, 0.4) is 0 Å². The van der Waals surface area contributed by atoms with E-state index < -0.39 is 29.5 Å². The topological polar surface area (TPSA) is 58.2 Å². The molecule has 0 saturated carbocycles. The Morgan fingerprint density at radius 1 is 1.31 bits per heavy atom. The standard InChI is InChI=1S/C20H25ClF3N3O2/c1-6-9-27(18(28)29-19(3,4)5)12(2)17-25-11-16(26-17)13-7-8-15(21)14(10-13)20(22,23)24/h7-8,10-12H,6,9H2,1-5H3,(H,25,26)/t12-/m0/s1. The molecule has 0 fully saturated rings. The smallest absolute Gasteiger partial charge is 0.417 e. The highest BCUT2D eigenvalue weighted by Gasteiger charge is 2.33. The van der Waals surface area contributed by atoms with E-state index in [1.165, 1.54) is 23.2 Å². The van der Waals surface area contributed by atoms with E-state index in [1.807, 2.05) is 6.92 Å². The van der Waals surface area contributed by atoms with Crippen molar-refractivity contribution in [1.82, 2.24) is 14.9 Å². The van der Waals surface area contributed by atoms with Gasteiger partial charge in [-0.25, -0.2) is 9.78 Å². The molecular formula is C20H25ClF3N3O2. The van der Waals surface area contributed by atoms with Gasteiger partial charge >= 0.3 is 12.3 Å². The van der Waals surface area contributed by atoms with Gasteiger partial charge in [0.25, 0.3) is 0 Å². The molecule has 1 amide bonds. The molecule has 1 aromatic carbocycles. The number of nitrogens with zero attached hydrogens (tertiary/aromatic N) is 2. The van der Waals surface area contributed by atoms with Crippen LogP contribution in [0.2, 0.25) is 5.02 Å². The second kappa shape index (κ2) is 8.65. The third-order valence-corrected chi connectivity index (χ3v) is 4.46. The fourth-order valence-corrected chi connectivity index (χ4v) is 2.98. The van der Waals surface area contributed by atoms with E-state index in [0.29, 0.717) is 30.0 Å². The number of rotatable bonds is 5. The quantitative estimate of drug-likeness (QED) is 0.591. The molecule has 9 heteroatoms. The Labute approximate surface area is 173 Å². The van der Waals surface area contributed by atoms with Gasteiger partial charge in [0.2, 0.25) is 0 Å². The second-order valence-corrected chi connectivity index (χ2v) is 8.13. The number of ether oxygens (including phenoxy) is 1. The number of imidazole rings is 1. The Balaban J connectivity index is 2.31. The van der Waals surface area contributed by atoms with E-state index in [0.717, 1.165) is 6.07 Å². The number of carbonyl (C=O) groups is 1. The van der Waals surface area contributed by atoms with Gasteiger partial charge < -0.3 is 9.72 Å². The molecule has 5 nitrogen and oxygen atoms in total. The van der Waals surface area contributed by atoms with Crippen molar-refractivity contribution >= 4 is 17.7 Å². The van der Waals surface area contributed by atoms with E-state index in [4.69, 9.17) is 16.3 Å². The van der Waals surface area contributed by atoms with Crippen LogP contribution >= 0.6 is 11.6 Å². The van der Waals surface area contributed by atoms with E-state index in [-0.39, 0.29) is 5.02 Å². The van der Waals surface area contributed by atoms with Crippen LogP contribution in [-0.4, -0.2) is 33.1 Å². The summed E-state index contributed by atoms with van der Waals surface area (Å²) in [4.78, 5) is 21.4. The van der Waals surface area contributed by atoms with Crippen molar-refractivity contribution < 1.29 is 22.7 Å². The van der Waals surface area contributed by atoms with Crippen molar-refractivity contribution in [3.8, 4) is 11.3 Å². The zero-order chi connectivity index (χ0) is 22.0. The summed E-state index contributed by atoms with van der Waals surface area (Å²) in [5, 5.41) is -0.367. The van der Waals surface area contributed by atoms with Gasteiger partial charge in [0.05, 0.1) is 28.5 Å². The van der Waals surface area contributed by atoms with Gasteiger partial charge in [-0.15, -0.1) is 0 Å². The summed E-state index contributed by atoms with van der Waals surface area (Å²) >= 11 is 5.68. The minimum absolute atomic E-state index is 0.298. The molecule has 0 aliphatic heterocycles. The Morgan fingerprint density at radius 2 is 1.97 bits per heavy atom. The van der Waals surface area contributed by atoms with Gasteiger partial charge in [-0.1, -0.05) is 24.6 Å². The van der Waals surface area contributed by atoms with E-state index in [1.54, 1.807) is 27.7 Å². The minimum Gasteiger partial charge on any atom is -0.444 e. The molecule has 0 bridgehead atoms. The summed E-state index contributed by atoms with van der Waals surface area (Å²) in [6.45, 7) is 9.51. The molecule has 1 atom stereocenters. The third kappa shape index (κ3) is 5.88. The molecule has 0 aliphatic carbocycles. The van der Waals surface area contributed by atoms with Gasteiger partial charge in [0, 0.05) is 12.1 Å². The van der Waals surface area contributed by atoms with Crippen molar-refractivity contribution in [2.45, 2.75) is 58.9 Å². The Morgan fingerprint density at radius 3 is 2.52 bits per heavy atom. The molecule has 29 heavy (non-hydrogen) atoms. The first-order chi connectivity index (χ1) is 13.3. The lowest BCUT2D eigenvalue weighted by Gasteiger charge is -2.30. The number of aromatic amines is 1. The predicted octanol–water partition coefficient (Wildman–Crippen LogP) is 6.46. The maximum atomic E-state index is 13.1. The van der Waals surface area contributed by atoms with Crippen LogP contribution in [0.25, 0.3) is 11.3 Å². The van der Waals surface area contributed by atoms with Crippen molar-refractivity contribution in [2.24, 2.45) is 0 Å². The fourth-order valence-electron chi connectivity index (χ4n) is 2.76. The molecule has 2 rings (SSSR count). The molecule has 0 spiro atoms. The molecule has 0 radical (unpaired) electrons. The first-order valence-corrected chi connectivity index (χ1v) is 9.63. The van der Waals surface area contributed by atoms with Gasteiger partial charge in [0.15, 0.2) is 0 Å². The van der Waals surface area contributed by atoms with Gasteiger partial charge in [-0.05, 0) is 46.2 Å². The third-order valence-electron chi connectivity index (χ3n) is 4.13. The van der Waals surface area contributed by atoms with Crippen LogP contribution in [-0.2, 0) is 10.9 Å². The number of carbonyl (C=O) groups excluding carboxylic acids is 1. The SMILES string of the molecule is CCCN(C(=O)OC(C)(C)C)[C@@H](C)c1ncc(-c2ccc(Cl)c(C(F)(F)F)c2)[nH]1. The molecular weight excluding hydrogens is 407 g/mol. The molecule has 0 aliphatic rings. The summed E-state index contributed by atoms with van der Waals surface area (Å²) in [6.07, 6.45) is -2.88. The number of alkyl halides is 3. The minimum atomic E-state index is -4.56. The highest BCUT2D eigenvalue weighted by molar-refractivity contribution is 6.31. The molecule has 0 unspecified atom stereocenters. The van der Waals surface area contributed by atoms with Crippen molar-refractivity contribution in [1.29, 1.82) is 0 Å². The van der Waals surface area contributed by atoms with Gasteiger partial charge in [-0.3, -0.25) is 4.90 Å². The maximum Gasteiger partial charge on any atom is 0.417 e. The van der Waals surface area contributed by atoms with E-state index >= 15 is 0 Å². The van der Waals surface area contributed by atoms with Crippen LogP contribution in [0, 0.1) is 0 Å². The van der Waals surface area contributed by atoms with Crippen LogP contribution < -0.4 is 0 Å². The lowest BCUT2D eigenvalue weighted by molar-refractivity contribution is -0.137. The number of aromatic nitrogens is 2. The molecule has 1 aromatic heterocycles. The molecule has 0 saturated heterocycles. The average molecular weight is 432 g/mol. The molecule has 2 aromatic rings. The maximum absolute atomic E-state index is 13.1. The predicted molar refractivity (Wildman–Crippen MR) is 106 cm³/mol. The zero-order valence-corrected chi connectivity index (χ0v) is 17.8. The van der Waals surface area contributed by atoms with Crippen molar-refractivity contribution in [3.63, 3.8) is 0 Å². The molecule has 1 N–H and O–H groups in total. The number of benzene rings is 1. The van der Waals surface area contributed by atoms with E-state index in [2.05, 4.69) is 9.97 Å². The lowest BCUT2D eigenvalue weighted by Crippen LogP contribution is -2.39. The summed E-state index contributed by atoms with van der Waals surface area (Å²) in [5.74, 6) is 0.447. The van der Waals surface area contributed by atoms with Crippen molar-refractivity contribution in [3.05, 3.63) is 40.8 Å². The lowest BCUT2D eigenvalue weighted by atomic mass is 10.1. The van der Waals surface area contributed by atoms with Crippen LogP contribution in [0.5, 0.6) is 0 Å². The number of hydrogen-bond donors (Lipinski definition) is 1. The van der Waals surface area contributed by atoms with Crippen LogP contribution in [0.1, 0.15) is 58.5 Å². The molecule has 160 valence electrons. The number of H-pyrrole nitrogens is 1. The molecule has 1 heterocycles. The number of amides is 1. The number of halogens is 4. The zero-order valence-electron chi connectivity index (χ0n) is 17.0. The van der Waals surface area contributed by atoms with Crippen LogP contribution in [0.4, 0.5) is 18.0 Å². The van der Waals surface area contributed by atoms with Crippen molar-refractivity contribution in [2.75, 3.05) is 6.54 Å². The highest BCUT2D eigenvalue weighted by Crippen LogP contribution is 2.37. The second-order valence-electron chi connectivity index (χ2n) is 7.72. The Kier molecular flexibility index (Phi) is 6.88. The monoisotopic (exact) mass is 431 g/mol.